The fourth-order valence-corrected chi connectivity index (χ4v) is 1.79. The van der Waals surface area contributed by atoms with Gasteiger partial charge in [0.2, 0.25) is 0 Å². The zero-order valence-corrected chi connectivity index (χ0v) is 9.95. The third kappa shape index (κ3) is 4.00. The van der Waals surface area contributed by atoms with Crippen molar-refractivity contribution in [3.63, 3.8) is 0 Å². The maximum Gasteiger partial charge on any atom is 0.150 e. The molecule has 1 rings (SSSR count). The highest BCUT2D eigenvalue weighted by atomic mass is 15.2. The number of nitrogens with two attached hydrogens (primary N) is 1. The topological polar surface area (TPSA) is 67.6 Å². The van der Waals surface area contributed by atoms with Gasteiger partial charge < -0.3 is 5.73 Å². The van der Waals surface area contributed by atoms with Crippen molar-refractivity contribution < 1.29 is 0 Å². The van der Waals surface area contributed by atoms with Crippen LogP contribution in [0.15, 0.2) is 0 Å². The number of hydrogen-bond donors (Lipinski definition) is 2. The minimum absolute atomic E-state index is 0.516. The van der Waals surface area contributed by atoms with Crippen LogP contribution in [0.4, 0.5) is 0 Å². The Kier molecular flexibility index (Phi) is 4.75. The van der Waals surface area contributed by atoms with Crippen molar-refractivity contribution in [1.82, 2.24) is 15.2 Å². The van der Waals surface area contributed by atoms with E-state index in [-0.39, 0.29) is 0 Å². The van der Waals surface area contributed by atoms with Crippen LogP contribution in [0.3, 0.4) is 0 Å². The van der Waals surface area contributed by atoms with Crippen molar-refractivity contribution in [2.24, 2.45) is 17.6 Å². The van der Waals surface area contributed by atoms with Crippen LogP contribution in [0.1, 0.15) is 38.8 Å². The normalized spacial score (nSPS) is 13.4. The van der Waals surface area contributed by atoms with Gasteiger partial charge in [-0.3, -0.25) is 5.10 Å². The Bertz CT molecular complexity index is 280. The van der Waals surface area contributed by atoms with E-state index in [9.17, 15) is 0 Å². The molecule has 0 saturated carbocycles. The molecule has 0 fully saturated rings. The molecule has 0 radical (unpaired) electrons. The molecule has 15 heavy (non-hydrogen) atoms. The third-order valence-electron chi connectivity index (χ3n) is 2.51. The van der Waals surface area contributed by atoms with Gasteiger partial charge in [0.25, 0.3) is 0 Å². The quantitative estimate of drug-likeness (QED) is 0.748. The van der Waals surface area contributed by atoms with E-state index in [1.165, 1.54) is 0 Å². The molecule has 0 aliphatic rings. The van der Waals surface area contributed by atoms with Gasteiger partial charge in [-0.25, -0.2) is 4.98 Å². The van der Waals surface area contributed by atoms with Gasteiger partial charge in [-0.05, 0) is 24.8 Å². The van der Waals surface area contributed by atoms with Gasteiger partial charge in [0.1, 0.15) is 11.6 Å². The van der Waals surface area contributed by atoms with E-state index in [0.717, 1.165) is 37.5 Å². The lowest BCUT2D eigenvalue weighted by atomic mass is 9.94. The second kappa shape index (κ2) is 5.85. The molecule has 1 aromatic heterocycles. The molecule has 0 unspecified atom stereocenters. The average molecular weight is 210 g/mol. The summed E-state index contributed by atoms with van der Waals surface area (Å²) in [4.78, 5) is 4.40. The van der Waals surface area contributed by atoms with Gasteiger partial charge in [0, 0.05) is 12.8 Å². The first-order valence-electron chi connectivity index (χ1n) is 5.75. The van der Waals surface area contributed by atoms with Crippen LogP contribution >= 0.6 is 0 Å². The van der Waals surface area contributed by atoms with E-state index in [2.05, 4.69) is 36.0 Å². The predicted molar refractivity (Wildman–Crippen MR) is 61.5 cm³/mol. The highest BCUT2D eigenvalue weighted by molar-refractivity contribution is 4.91. The number of nitrogens with zero attached hydrogens (tertiary/aromatic N) is 2. The van der Waals surface area contributed by atoms with Crippen LogP contribution in [0, 0.1) is 11.8 Å². The Morgan fingerprint density at radius 1 is 1.40 bits per heavy atom. The first-order valence-corrected chi connectivity index (χ1v) is 5.75. The van der Waals surface area contributed by atoms with Crippen molar-refractivity contribution >= 4 is 0 Å². The Hall–Kier alpha value is -0.900. The molecule has 0 aromatic carbocycles. The molecule has 1 heterocycles. The number of rotatable bonds is 6. The molecular formula is C11H22N4. The molecular weight excluding hydrogens is 188 g/mol. The maximum atomic E-state index is 5.75. The van der Waals surface area contributed by atoms with Gasteiger partial charge in [-0.2, -0.15) is 5.10 Å². The fourth-order valence-electron chi connectivity index (χ4n) is 1.79. The number of aromatic amines is 1. The molecule has 0 saturated heterocycles. The van der Waals surface area contributed by atoms with E-state index in [0.29, 0.717) is 11.8 Å². The Morgan fingerprint density at radius 2 is 2.13 bits per heavy atom. The molecule has 4 heteroatoms. The molecule has 0 spiro atoms. The maximum absolute atomic E-state index is 5.75. The summed E-state index contributed by atoms with van der Waals surface area (Å²) < 4.78 is 0. The van der Waals surface area contributed by atoms with Crippen molar-refractivity contribution in [2.75, 3.05) is 6.54 Å². The van der Waals surface area contributed by atoms with Gasteiger partial charge in [0.05, 0.1) is 0 Å². The van der Waals surface area contributed by atoms with Gasteiger partial charge in [-0.15, -0.1) is 0 Å². The summed E-state index contributed by atoms with van der Waals surface area (Å²) in [5, 5.41) is 7.10. The zero-order chi connectivity index (χ0) is 11.3. The van der Waals surface area contributed by atoms with Crippen LogP contribution < -0.4 is 5.73 Å². The van der Waals surface area contributed by atoms with Crippen LogP contribution in [0.5, 0.6) is 0 Å². The summed E-state index contributed by atoms with van der Waals surface area (Å²) in [5.74, 6) is 3.07. The van der Waals surface area contributed by atoms with Crippen LogP contribution in [-0.2, 0) is 12.8 Å². The summed E-state index contributed by atoms with van der Waals surface area (Å²) in [6.45, 7) is 7.23. The van der Waals surface area contributed by atoms with Crippen molar-refractivity contribution in [3.05, 3.63) is 11.6 Å². The van der Waals surface area contributed by atoms with Crippen molar-refractivity contribution in [1.29, 1.82) is 0 Å². The standard InChI is InChI=1S/C11H22N4/c1-4-10-13-11(15-14-10)6-9(7-12)5-8(2)3/h8-9H,4-7,12H2,1-3H3,(H,13,14,15)/t9-/m0/s1. The average Bonchev–Trinajstić information content (AvgIpc) is 2.64. The second-order valence-corrected chi connectivity index (χ2v) is 4.49. The number of hydrogen-bond acceptors (Lipinski definition) is 3. The number of aryl methyl sites for hydroxylation is 1. The Balaban J connectivity index is 2.50. The molecule has 0 amide bonds. The summed E-state index contributed by atoms with van der Waals surface area (Å²) in [6, 6.07) is 0. The number of H-pyrrole nitrogens is 1. The number of nitrogens with one attached hydrogen (secondary N) is 1. The van der Waals surface area contributed by atoms with E-state index < -0.39 is 0 Å². The summed E-state index contributed by atoms with van der Waals surface area (Å²) in [5.41, 5.74) is 5.75. The van der Waals surface area contributed by atoms with E-state index in [4.69, 9.17) is 5.73 Å². The molecule has 0 aliphatic carbocycles. The SMILES string of the molecule is CCc1n[nH]c(C[C@@H](CN)CC(C)C)n1. The van der Waals surface area contributed by atoms with Gasteiger partial charge in [0.15, 0.2) is 0 Å². The minimum Gasteiger partial charge on any atom is -0.330 e. The fraction of sp³-hybridized carbons (Fsp3) is 0.818. The lowest BCUT2D eigenvalue weighted by Gasteiger charge is -2.15. The highest BCUT2D eigenvalue weighted by Crippen LogP contribution is 2.14. The van der Waals surface area contributed by atoms with Crippen LogP contribution in [-0.4, -0.2) is 21.7 Å². The predicted octanol–water partition coefficient (Wildman–Crippen LogP) is 1.53. The third-order valence-corrected chi connectivity index (χ3v) is 2.51. The van der Waals surface area contributed by atoms with Crippen LogP contribution in [0.2, 0.25) is 0 Å². The van der Waals surface area contributed by atoms with Gasteiger partial charge >= 0.3 is 0 Å². The zero-order valence-electron chi connectivity index (χ0n) is 9.95. The van der Waals surface area contributed by atoms with E-state index in [1.807, 2.05) is 0 Å². The van der Waals surface area contributed by atoms with Crippen LogP contribution in [0.25, 0.3) is 0 Å². The minimum atomic E-state index is 0.516. The Labute approximate surface area is 91.7 Å². The lowest BCUT2D eigenvalue weighted by Crippen LogP contribution is -2.19. The summed E-state index contributed by atoms with van der Waals surface area (Å²) in [7, 11) is 0. The van der Waals surface area contributed by atoms with Crippen molar-refractivity contribution in [2.45, 2.75) is 40.0 Å². The molecule has 4 nitrogen and oxygen atoms in total. The van der Waals surface area contributed by atoms with Crippen molar-refractivity contribution in [3.8, 4) is 0 Å². The summed E-state index contributed by atoms with van der Waals surface area (Å²) in [6.07, 6.45) is 2.95. The largest absolute Gasteiger partial charge is 0.330 e. The number of aromatic nitrogens is 3. The molecule has 0 aliphatic heterocycles. The molecule has 86 valence electrons. The molecule has 1 atom stereocenters. The Morgan fingerprint density at radius 3 is 2.60 bits per heavy atom. The monoisotopic (exact) mass is 210 g/mol. The first kappa shape index (κ1) is 12.2. The van der Waals surface area contributed by atoms with Gasteiger partial charge in [-0.1, -0.05) is 20.8 Å². The molecule has 1 aromatic rings. The van der Waals surface area contributed by atoms with E-state index >= 15 is 0 Å². The smallest absolute Gasteiger partial charge is 0.150 e. The van der Waals surface area contributed by atoms with E-state index in [1.54, 1.807) is 0 Å². The highest BCUT2D eigenvalue weighted by Gasteiger charge is 2.12. The molecule has 0 bridgehead atoms. The first-order chi connectivity index (χ1) is 7.15. The second-order valence-electron chi connectivity index (χ2n) is 4.49. The molecule has 3 N–H and O–H groups in total. The lowest BCUT2D eigenvalue weighted by molar-refractivity contribution is 0.409. The summed E-state index contributed by atoms with van der Waals surface area (Å²) >= 11 is 0.